The van der Waals surface area contributed by atoms with Crippen LogP contribution in [0.5, 0.6) is 0 Å². The third-order valence-corrected chi connectivity index (χ3v) is 4.12. The number of anilines is 1. The second kappa shape index (κ2) is 9.16. The van der Waals surface area contributed by atoms with E-state index in [9.17, 15) is 9.59 Å². The zero-order chi connectivity index (χ0) is 18.3. The summed E-state index contributed by atoms with van der Waals surface area (Å²) in [6, 6.07) is 0. The smallest absolute Gasteiger partial charge is 0.245 e. The Balaban J connectivity index is 2.62. The van der Waals surface area contributed by atoms with Crippen molar-refractivity contribution in [2.45, 2.75) is 54.4 Å². The zero-order valence-electron chi connectivity index (χ0n) is 15.8. The van der Waals surface area contributed by atoms with E-state index in [-0.39, 0.29) is 23.8 Å². The highest BCUT2D eigenvalue weighted by Gasteiger charge is 2.23. The van der Waals surface area contributed by atoms with Gasteiger partial charge in [-0.25, -0.2) is 4.98 Å². The molecule has 0 aliphatic rings. The Labute approximate surface area is 149 Å². The topological polar surface area (TPSA) is 62.3 Å². The molecule has 1 aromatic heterocycles. The summed E-state index contributed by atoms with van der Waals surface area (Å²) in [5.74, 6) is 0.478. The van der Waals surface area contributed by atoms with Crippen LogP contribution < -0.4 is 5.32 Å². The molecule has 6 heteroatoms. The molecule has 5 nitrogen and oxygen atoms in total. The van der Waals surface area contributed by atoms with Gasteiger partial charge in [0.1, 0.15) is 0 Å². The van der Waals surface area contributed by atoms with Crippen molar-refractivity contribution in [2.24, 2.45) is 17.3 Å². The molecule has 2 amide bonds. The molecule has 1 aromatic rings. The summed E-state index contributed by atoms with van der Waals surface area (Å²) in [6.07, 6.45) is 3.11. The van der Waals surface area contributed by atoms with Crippen LogP contribution in [0.25, 0.3) is 0 Å². The maximum Gasteiger partial charge on any atom is 0.245 e. The normalized spacial score (nSPS) is 13.0. The van der Waals surface area contributed by atoms with Crippen LogP contribution >= 0.6 is 11.3 Å². The molecule has 24 heavy (non-hydrogen) atoms. The summed E-state index contributed by atoms with van der Waals surface area (Å²) in [5, 5.41) is 5.12. The molecule has 1 N–H and O–H groups in total. The van der Waals surface area contributed by atoms with E-state index in [1.807, 2.05) is 0 Å². The highest BCUT2D eigenvalue weighted by atomic mass is 32.1. The minimum absolute atomic E-state index is 0.0507. The molecular weight excluding hydrogens is 322 g/mol. The van der Waals surface area contributed by atoms with Crippen molar-refractivity contribution >= 4 is 28.3 Å². The fraction of sp³-hybridized carbons (Fsp3) is 0.722. The van der Waals surface area contributed by atoms with Gasteiger partial charge in [0.2, 0.25) is 11.8 Å². The minimum Gasteiger partial charge on any atom is -0.333 e. The standard InChI is InChI=1S/C18H31N3O2S/c1-13(2)11-21(12-15(22)20-17-19-7-8-24-17)16(23)9-14(3)10-18(4,5)6/h7-8,13-14H,9-12H2,1-6H3,(H,19,20,22). The van der Waals surface area contributed by atoms with Crippen LogP contribution in [0, 0.1) is 17.3 Å². The van der Waals surface area contributed by atoms with Crippen LogP contribution in [-0.2, 0) is 9.59 Å². The van der Waals surface area contributed by atoms with Crippen molar-refractivity contribution in [3.63, 3.8) is 0 Å². The van der Waals surface area contributed by atoms with Crippen LogP contribution in [0.4, 0.5) is 5.13 Å². The Morgan fingerprint density at radius 2 is 1.96 bits per heavy atom. The highest BCUT2D eigenvalue weighted by Crippen LogP contribution is 2.26. The number of amides is 2. The summed E-state index contributed by atoms with van der Waals surface area (Å²) >= 11 is 1.37. The van der Waals surface area contributed by atoms with E-state index in [1.54, 1.807) is 16.5 Å². The largest absolute Gasteiger partial charge is 0.333 e. The van der Waals surface area contributed by atoms with E-state index in [4.69, 9.17) is 0 Å². The van der Waals surface area contributed by atoms with Crippen molar-refractivity contribution in [1.82, 2.24) is 9.88 Å². The van der Waals surface area contributed by atoms with E-state index >= 15 is 0 Å². The van der Waals surface area contributed by atoms with Gasteiger partial charge in [0.25, 0.3) is 0 Å². The van der Waals surface area contributed by atoms with Crippen molar-refractivity contribution in [3.8, 4) is 0 Å². The first-order valence-electron chi connectivity index (χ1n) is 8.54. The van der Waals surface area contributed by atoms with E-state index in [0.29, 0.717) is 29.9 Å². The number of hydrogen-bond acceptors (Lipinski definition) is 4. The molecule has 0 aliphatic heterocycles. The first-order valence-corrected chi connectivity index (χ1v) is 9.42. The van der Waals surface area contributed by atoms with Crippen molar-refractivity contribution in [2.75, 3.05) is 18.4 Å². The predicted molar refractivity (Wildman–Crippen MR) is 100 cm³/mol. The Morgan fingerprint density at radius 3 is 2.46 bits per heavy atom. The van der Waals surface area contributed by atoms with Crippen LogP contribution in [0.2, 0.25) is 0 Å². The van der Waals surface area contributed by atoms with E-state index < -0.39 is 0 Å². The molecule has 1 heterocycles. The number of rotatable bonds is 8. The molecule has 1 rings (SSSR count). The van der Waals surface area contributed by atoms with E-state index in [0.717, 1.165) is 6.42 Å². The van der Waals surface area contributed by atoms with Gasteiger partial charge in [0.05, 0.1) is 6.54 Å². The zero-order valence-corrected chi connectivity index (χ0v) is 16.6. The Morgan fingerprint density at radius 1 is 1.29 bits per heavy atom. The van der Waals surface area contributed by atoms with Crippen LogP contribution in [0.3, 0.4) is 0 Å². The van der Waals surface area contributed by atoms with Gasteiger partial charge < -0.3 is 10.2 Å². The molecule has 0 radical (unpaired) electrons. The number of aromatic nitrogens is 1. The summed E-state index contributed by atoms with van der Waals surface area (Å²) in [7, 11) is 0. The maximum atomic E-state index is 12.6. The van der Waals surface area contributed by atoms with Crippen molar-refractivity contribution < 1.29 is 9.59 Å². The van der Waals surface area contributed by atoms with Gasteiger partial charge in [0, 0.05) is 24.5 Å². The lowest BCUT2D eigenvalue weighted by atomic mass is 9.84. The van der Waals surface area contributed by atoms with Crippen LogP contribution in [-0.4, -0.2) is 34.8 Å². The molecule has 0 fully saturated rings. The van der Waals surface area contributed by atoms with Gasteiger partial charge in [-0.2, -0.15) is 0 Å². The fourth-order valence-electron chi connectivity index (χ4n) is 2.86. The molecule has 0 saturated carbocycles. The number of nitrogens with zero attached hydrogens (tertiary/aromatic N) is 2. The maximum absolute atomic E-state index is 12.6. The molecule has 0 bridgehead atoms. The van der Waals surface area contributed by atoms with Crippen molar-refractivity contribution in [3.05, 3.63) is 11.6 Å². The number of carbonyl (C=O) groups excluding carboxylic acids is 2. The summed E-state index contributed by atoms with van der Waals surface area (Å²) in [6.45, 7) is 13.4. The quantitative estimate of drug-likeness (QED) is 0.767. The van der Waals surface area contributed by atoms with Gasteiger partial charge in [-0.05, 0) is 23.7 Å². The molecule has 0 aliphatic carbocycles. The predicted octanol–water partition coefficient (Wildman–Crippen LogP) is 4.03. The average Bonchev–Trinajstić information content (AvgIpc) is 2.87. The third-order valence-electron chi connectivity index (χ3n) is 3.44. The number of nitrogens with one attached hydrogen (secondary N) is 1. The summed E-state index contributed by atoms with van der Waals surface area (Å²) < 4.78 is 0. The molecular formula is C18H31N3O2S. The highest BCUT2D eigenvalue weighted by molar-refractivity contribution is 7.13. The molecule has 0 saturated heterocycles. The SMILES string of the molecule is CC(C)CN(CC(=O)Nc1nccs1)C(=O)CC(C)CC(C)(C)C. The average molecular weight is 354 g/mol. The number of carbonyl (C=O) groups is 2. The molecule has 0 spiro atoms. The first kappa shape index (κ1) is 20.6. The van der Waals surface area contributed by atoms with Crippen molar-refractivity contribution in [1.29, 1.82) is 0 Å². The third kappa shape index (κ3) is 8.43. The Kier molecular flexibility index (Phi) is 7.87. The van der Waals surface area contributed by atoms with Gasteiger partial charge >= 0.3 is 0 Å². The monoisotopic (exact) mass is 353 g/mol. The number of thiazole rings is 1. The van der Waals surface area contributed by atoms with Gasteiger partial charge in [0.15, 0.2) is 5.13 Å². The van der Waals surface area contributed by atoms with Crippen LogP contribution in [0.1, 0.15) is 54.4 Å². The molecule has 136 valence electrons. The molecule has 1 unspecified atom stereocenters. The fourth-order valence-corrected chi connectivity index (χ4v) is 3.40. The van der Waals surface area contributed by atoms with Crippen LogP contribution in [0.15, 0.2) is 11.6 Å². The van der Waals surface area contributed by atoms with Gasteiger partial charge in [-0.1, -0.05) is 41.5 Å². The Hall–Kier alpha value is -1.43. The van der Waals surface area contributed by atoms with Gasteiger partial charge in [-0.3, -0.25) is 9.59 Å². The second-order valence-corrected chi connectivity index (χ2v) is 9.02. The number of hydrogen-bond donors (Lipinski definition) is 1. The molecule has 0 aromatic carbocycles. The minimum atomic E-state index is -0.192. The lowest BCUT2D eigenvalue weighted by molar-refractivity contribution is -0.136. The Bertz CT molecular complexity index is 521. The molecule has 1 atom stereocenters. The summed E-state index contributed by atoms with van der Waals surface area (Å²) in [5.41, 5.74) is 0.199. The van der Waals surface area contributed by atoms with E-state index in [2.05, 4.69) is 51.8 Å². The lowest BCUT2D eigenvalue weighted by Crippen LogP contribution is -2.40. The van der Waals surface area contributed by atoms with Gasteiger partial charge in [-0.15, -0.1) is 11.3 Å². The first-order chi connectivity index (χ1) is 11.1. The second-order valence-electron chi connectivity index (χ2n) is 8.13. The summed E-state index contributed by atoms with van der Waals surface area (Å²) in [4.78, 5) is 30.5. The van der Waals surface area contributed by atoms with E-state index in [1.165, 1.54) is 11.3 Å². The lowest BCUT2D eigenvalue weighted by Gasteiger charge is -2.27.